The fourth-order valence-electron chi connectivity index (χ4n) is 2.12. The van der Waals surface area contributed by atoms with Gasteiger partial charge in [-0.05, 0) is 19.8 Å². The molecule has 1 aliphatic carbocycles. The van der Waals surface area contributed by atoms with Gasteiger partial charge in [-0.1, -0.05) is 11.8 Å². The smallest absolute Gasteiger partial charge is 0.330 e. The SMILES string of the molecule is Cc1nc(SCC(=O)c2c(N)n(C3CC3)c(=O)[nH]c2=O)n[nH]1. The van der Waals surface area contributed by atoms with Crippen LogP contribution in [-0.4, -0.2) is 36.3 Å². The Balaban J connectivity index is 1.87. The van der Waals surface area contributed by atoms with Gasteiger partial charge in [-0.15, -0.1) is 5.10 Å². The molecule has 1 saturated carbocycles. The van der Waals surface area contributed by atoms with Gasteiger partial charge in [0.25, 0.3) is 5.56 Å². The van der Waals surface area contributed by atoms with Crippen molar-refractivity contribution in [3.8, 4) is 0 Å². The van der Waals surface area contributed by atoms with Gasteiger partial charge in [0, 0.05) is 6.04 Å². The minimum absolute atomic E-state index is 0.0285. The van der Waals surface area contributed by atoms with E-state index in [0.29, 0.717) is 11.0 Å². The summed E-state index contributed by atoms with van der Waals surface area (Å²) in [7, 11) is 0. The average molecular weight is 322 g/mol. The Kier molecular flexibility index (Phi) is 3.61. The van der Waals surface area contributed by atoms with Crippen LogP contribution in [0.2, 0.25) is 0 Å². The fraction of sp³-hybridized carbons (Fsp3) is 0.417. The van der Waals surface area contributed by atoms with Crippen molar-refractivity contribution < 1.29 is 4.79 Å². The highest BCUT2D eigenvalue weighted by Crippen LogP contribution is 2.35. The van der Waals surface area contributed by atoms with Crippen LogP contribution in [0.5, 0.6) is 0 Å². The third-order valence-electron chi connectivity index (χ3n) is 3.28. The van der Waals surface area contributed by atoms with Gasteiger partial charge >= 0.3 is 5.69 Å². The summed E-state index contributed by atoms with van der Waals surface area (Å²) in [6, 6.07) is -0.0285. The Morgan fingerprint density at radius 2 is 2.18 bits per heavy atom. The Morgan fingerprint density at radius 3 is 2.77 bits per heavy atom. The van der Waals surface area contributed by atoms with E-state index >= 15 is 0 Å². The minimum Gasteiger partial charge on any atom is -0.384 e. The zero-order valence-corrected chi connectivity index (χ0v) is 12.6. The average Bonchev–Trinajstić information content (AvgIpc) is 3.17. The molecule has 2 aromatic heterocycles. The molecule has 116 valence electrons. The quantitative estimate of drug-likeness (QED) is 0.514. The van der Waals surface area contributed by atoms with Crippen molar-refractivity contribution in [1.29, 1.82) is 0 Å². The number of thioether (sulfide) groups is 1. The molecule has 0 spiro atoms. The largest absolute Gasteiger partial charge is 0.384 e. The van der Waals surface area contributed by atoms with Crippen molar-refractivity contribution >= 4 is 23.4 Å². The first-order valence-corrected chi connectivity index (χ1v) is 7.65. The van der Waals surface area contributed by atoms with E-state index in [-0.39, 0.29) is 23.2 Å². The van der Waals surface area contributed by atoms with E-state index in [1.165, 1.54) is 4.57 Å². The molecule has 10 heteroatoms. The zero-order chi connectivity index (χ0) is 15.9. The van der Waals surface area contributed by atoms with Crippen LogP contribution in [0, 0.1) is 6.92 Å². The number of hydrogen-bond donors (Lipinski definition) is 3. The van der Waals surface area contributed by atoms with E-state index in [1.54, 1.807) is 6.92 Å². The van der Waals surface area contributed by atoms with Crippen molar-refractivity contribution in [2.24, 2.45) is 0 Å². The maximum Gasteiger partial charge on any atom is 0.330 e. The number of rotatable bonds is 5. The van der Waals surface area contributed by atoms with E-state index < -0.39 is 17.0 Å². The Labute approximate surface area is 128 Å². The number of aromatic amines is 2. The molecule has 0 atom stereocenters. The molecule has 0 aromatic carbocycles. The Hall–Kier alpha value is -2.36. The lowest BCUT2D eigenvalue weighted by Crippen LogP contribution is -2.36. The van der Waals surface area contributed by atoms with Crippen LogP contribution < -0.4 is 17.0 Å². The van der Waals surface area contributed by atoms with Gasteiger partial charge in [-0.2, -0.15) is 0 Å². The van der Waals surface area contributed by atoms with Gasteiger partial charge in [0.2, 0.25) is 5.16 Å². The van der Waals surface area contributed by atoms with Crippen LogP contribution >= 0.6 is 11.8 Å². The Morgan fingerprint density at radius 1 is 1.45 bits per heavy atom. The number of nitrogens with two attached hydrogens (primary N) is 1. The number of H-pyrrole nitrogens is 2. The molecule has 0 aliphatic heterocycles. The van der Waals surface area contributed by atoms with Crippen LogP contribution in [-0.2, 0) is 0 Å². The number of aromatic nitrogens is 5. The molecule has 0 amide bonds. The second-order valence-electron chi connectivity index (χ2n) is 5.04. The normalized spacial score (nSPS) is 14.2. The first-order chi connectivity index (χ1) is 10.5. The first-order valence-electron chi connectivity index (χ1n) is 6.66. The minimum atomic E-state index is -0.754. The van der Waals surface area contributed by atoms with E-state index in [4.69, 9.17) is 5.73 Å². The number of ketones is 1. The molecule has 9 nitrogen and oxygen atoms in total. The molecule has 3 rings (SSSR count). The predicted molar refractivity (Wildman–Crippen MR) is 80.2 cm³/mol. The first kappa shape index (κ1) is 14.6. The summed E-state index contributed by atoms with van der Waals surface area (Å²) >= 11 is 1.10. The number of anilines is 1. The van der Waals surface area contributed by atoms with E-state index in [2.05, 4.69) is 20.2 Å². The molecule has 0 radical (unpaired) electrons. The summed E-state index contributed by atoms with van der Waals surface area (Å²) in [6.45, 7) is 1.74. The number of Topliss-reactive ketones (excluding diaryl/α,β-unsaturated/α-hetero) is 1. The van der Waals surface area contributed by atoms with Crippen molar-refractivity contribution in [2.75, 3.05) is 11.5 Å². The van der Waals surface area contributed by atoms with Gasteiger partial charge in [-0.3, -0.25) is 24.2 Å². The molecule has 1 aliphatic rings. The third-order valence-corrected chi connectivity index (χ3v) is 4.13. The van der Waals surface area contributed by atoms with Crippen molar-refractivity contribution in [3.05, 3.63) is 32.2 Å². The monoisotopic (exact) mass is 322 g/mol. The summed E-state index contributed by atoms with van der Waals surface area (Å²) in [5.41, 5.74) is 4.38. The molecular formula is C12H14N6O3S. The molecular weight excluding hydrogens is 308 g/mol. The lowest BCUT2D eigenvalue weighted by Gasteiger charge is -2.10. The van der Waals surface area contributed by atoms with Crippen LogP contribution in [0.3, 0.4) is 0 Å². The summed E-state index contributed by atoms with van der Waals surface area (Å²) in [4.78, 5) is 42.2. The van der Waals surface area contributed by atoms with Crippen LogP contribution in [0.1, 0.15) is 35.1 Å². The fourth-order valence-corrected chi connectivity index (χ4v) is 2.84. The number of nitrogen functional groups attached to an aromatic ring is 1. The molecule has 0 bridgehead atoms. The standard InChI is InChI=1S/C12H14N6O3S/c1-5-14-11(17-16-5)22-4-7(19)8-9(13)18(6-2-3-6)12(21)15-10(8)20/h6H,2-4,13H2,1H3,(H,14,16,17)(H,15,20,21). The number of hydrogen-bond acceptors (Lipinski definition) is 7. The number of aryl methyl sites for hydroxylation is 1. The van der Waals surface area contributed by atoms with Gasteiger partial charge in [0.15, 0.2) is 5.78 Å². The summed E-state index contributed by atoms with van der Waals surface area (Å²) in [6.07, 6.45) is 1.63. The molecule has 0 saturated heterocycles. The van der Waals surface area contributed by atoms with Crippen LogP contribution in [0.25, 0.3) is 0 Å². The van der Waals surface area contributed by atoms with Crippen molar-refractivity contribution in [1.82, 2.24) is 24.7 Å². The van der Waals surface area contributed by atoms with E-state index in [9.17, 15) is 14.4 Å². The lowest BCUT2D eigenvalue weighted by molar-refractivity contribution is 0.102. The highest BCUT2D eigenvalue weighted by Gasteiger charge is 2.30. The second-order valence-corrected chi connectivity index (χ2v) is 5.98. The van der Waals surface area contributed by atoms with Crippen LogP contribution in [0.15, 0.2) is 14.7 Å². The van der Waals surface area contributed by atoms with Gasteiger partial charge in [-0.25, -0.2) is 9.78 Å². The Bertz CT molecular complexity index is 847. The molecule has 2 heterocycles. The summed E-state index contributed by atoms with van der Waals surface area (Å²) in [5.74, 6) is 0.0798. The number of carbonyl (C=O) groups is 1. The zero-order valence-electron chi connectivity index (χ0n) is 11.8. The maximum atomic E-state index is 12.3. The van der Waals surface area contributed by atoms with Gasteiger partial charge in [0.1, 0.15) is 17.2 Å². The van der Waals surface area contributed by atoms with E-state index in [1.807, 2.05) is 0 Å². The second kappa shape index (κ2) is 5.44. The summed E-state index contributed by atoms with van der Waals surface area (Å²) in [5, 5.41) is 6.98. The number of nitrogens with one attached hydrogen (secondary N) is 2. The summed E-state index contributed by atoms with van der Waals surface area (Å²) < 4.78 is 1.29. The topological polar surface area (TPSA) is 140 Å². The molecule has 1 fully saturated rings. The predicted octanol–water partition coefficient (Wildman–Crippen LogP) is -0.145. The van der Waals surface area contributed by atoms with Crippen LogP contribution in [0.4, 0.5) is 5.82 Å². The van der Waals surface area contributed by atoms with Crippen molar-refractivity contribution in [2.45, 2.75) is 31.0 Å². The highest BCUT2D eigenvalue weighted by molar-refractivity contribution is 7.99. The van der Waals surface area contributed by atoms with Gasteiger partial charge in [0.05, 0.1) is 5.75 Å². The van der Waals surface area contributed by atoms with E-state index in [0.717, 1.165) is 24.6 Å². The molecule has 0 unspecified atom stereocenters. The highest BCUT2D eigenvalue weighted by atomic mass is 32.2. The molecule has 2 aromatic rings. The number of nitrogens with zero attached hydrogens (tertiary/aromatic N) is 3. The molecule has 4 N–H and O–H groups in total. The lowest BCUT2D eigenvalue weighted by atomic mass is 10.2. The van der Waals surface area contributed by atoms with Gasteiger partial charge < -0.3 is 5.73 Å². The molecule has 22 heavy (non-hydrogen) atoms. The third kappa shape index (κ3) is 2.69. The van der Waals surface area contributed by atoms with Crippen molar-refractivity contribution in [3.63, 3.8) is 0 Å². The number of carbonyl (C=O) groups excluding carboxylic acids is 1. The maximum absolute atomic E-state index is 12.3.